The Kier molecular flexibility index (Phi) is 61.0. The lowest BCUT2D eigenvalue weighted by Gasteiger charge is -2.22. The van der Waals surface area contributed by atoms with Gasteiger partial charge in [0.15, 0.2) is 0 Å². The first-order chi connectivity index (χ1) is 36.0. The number of amides is 1. The van der Waals surface area contributed by atoms with Crippen LogP contribution in [0.3, 0.4) is 0 Å². The fourth-order valence-electron chi connectivity index (χ4n) is 10.1. The predicted octanol–water partition coefficient (Wildman–Crippen LogP) is 20.8. The molecule has 0 rings (SSSR count). The molecular formula is C67H127NO5. The van der Waals surface area contributed by atoms with Crippen LogP contribution in [-0.2, 0) is 14.3 Å². The van der Waals surface area contributed by atoms with E-state index in [1.54, 1.807) is 0 Å². The van der Waals surface area contributed by atoms with E-state index in [1.165, 1.54) is 270 Å². The van der Waals surface area contributed by atoms with E-state index in [1.807, 2.05) is 0 Å². The first-order valence-corrected chi connectivity index (χ1v) is 32.7. The van der Waals surface area contributed by atoms with E-state index < -0.39 is 12.1 Å². The van der Waals surface area contributed by atoms with Gasteiger partial charge in [0, 0.05) is 12.8 Å². The lowest BCUT2D eigenvalue weighted by molar-refractivity contribution is -0.143. The minimum atomic E-state index is -0.669. The van der Waals surface area contributed by atoms with E-state index in [4.69, 9.17) is 4.74 Å². The summed E-state index contributed by atoms with van der Waals surface area (Å²) in [5.74, 6) is -0.0415. The van der Waals surface area contributed by atoms with Crippen LogP contribution in [0.25, 0.3) is 0 Å². The van der Waals surface area contributed by atoms with Gasteiger partial charge in [-0.15, -0.1) is 0 Å². The van der Waals surface area contributed by atoms with Crippen molar-refractivity contribution in [3.8, 4) is 0 Å². The fraction of sp³-hybridized carbons (Fsp3) is 0.881. The third-order valence-electron chi connectivity index (χ3n) is 15.2. The monoisotopic (exact) mass is 1030 g/mol. The quantitative estimate of drug-likeness (QED) is 0.0320. The van der Waals surface area contributed by atoms with Crippen LogP contribution in [0.2, 0.25) is 0 Å². The van der Waals surface area contributed by atoms with Crippen molar-refractivity contribution < 1.29 is 24.5 Å². The van der Waals surface area contributed by atoms with E-state index >= 15 is 0 Å². The molecule has 0 heterocycles. The van der Waals surface area contributed by atoms with Gasteiger partial charge >= 0.3 is 5.97 Å². The molecule has 0 spiro atoms. The van der Waals surface area contributed by atoms with Crippen LogP contribution in [0.1, 0.15) is 354 Å². The van der Waals surface area contributed by atoms with Gasteiger partial charge in [-0.25, -0.2) is 0 Å². The van der Waals surface area contributed by atoms with Gasteiger partial charge in [-0.05, 0) is 77.0 Å². The van der Waals surface area contributed by atoms with Gasteiger partial charge in [0.2, 0.25) is 5.91 Å². The maximum atomic E-state index is 12.5. The molecule has 0 aromatic heterocycles. The standard InChI is InChI=1S/C67H127NO5/c1-3-5-7-9-11-13-15-17-19-20-26-29-32-35-39-43-47-51-55-59-65(70)64(63-69)68-66(71)60-56-52-48-44-40-36-33-30-27-24-22-21-23-25-28-31-34-38-42-46-50-54-58-62-73-67(72)61-57-53-49-45-41-37-18-16-14-12-10-8-6-4-2/h10,12,16,18,24,27,64-65,69-70H,3-9,11,13-15,17,19-23,25-26,28-63H2,1-2H3,(H,68,71)/b12-10-,18-16-,27-24-. The van der Waals surface area contributed by atoms with Crippen molar-refractivity contribution in [2.75, 3.05) is 13.2 Å². The lowest BCUT2D eigenvalue weighted by Crippen LogP contribution is -2.45. The number of aliphatic hydroxyl groups excluding tert-OH is 2. The maximum absolute atomic E-state index is 12.5. The highest BCUT2D eigenvalue weighted by Gasteiger charge is 2.20. The summed E-state index contributed by atoms with van der Waals surface area (Å²) in [7, 11) is 0. The van der Waals surface area contributed by atoms with Crippen molar-refractivity contribution in [2.24, 2.45) is 0 Å². The predicted molar refractivity (Wildman–Crippen MR) is 319 cm³/mol. The van der Waals surface area contributed by atoms with Crippen molar-refractivity contribution in [1.82, 2.24) is 5.32 Å². The summed E-state index contributed by atoms with van der Waals surface area (Å²) in [6.45, 7) is 4.93. The van der Waals surface area contributed by atoms with Gasteiger partial charge in [-0.2, -0.15) is 0 Å². The molecule has 0 radical (unpaired) electrons. The van der Waals surface area contributed by atoms with Crippen LogP contribution < -0.4 is 5.32 Å². The molecule has 0 fully saturated rings. The molecule has 0 aliphatic carbocycles. The van der Waals surface area contributed by atoms with Crippen LogP contribution in [0, 0.1) is 0 Å². The van der Waals surface area contributed by atoms with Gasteiger partial charge < -0.3 is 20.3 Å². The Morgan fingerprint density at radius 1 is 0.384 bits per heavy atom. The van der Waals surface area contributed by atoms with E-state index in [2.05, 4.69) is 55.6 Å². The summed E-state index contributed by atoms with van der Waals surface area (Å²) in [5.41, 5.74) is 0. The number of unbranched alkanes of at least 4 members (excludes halogenated alkanes) is 44. The third-order valence-corrected chi connectivity index (χ3v) is 15.2. The van der Waals surface area contributed by atoms with Crippen LogP contribution in [-0.4, -0.2) is 47.4 Å². The molecule has 0 saturated heterocycles. The molecule has 6 heteroatoms. The van der Waals surface area contributed by atoms with E-state index in [0.29, 0.717) is 25.9 Å². The Bertz CT molecular complexity index is 1180. The molecule has 0 saturated carbocycles. The number of nitrogens with one attached hydrogen (secondary N) is 1. The van der Waals surface area contributed by atoms with Gasteiger partial charge in [-0.3, -0.25) is 9.59 Å². The normalized spacial score (nSPS) is 12.8. The third kappa shape index (κ3) is 59.2. The van der Waals surface area contributed by atoms with Crippen LogP contribution >= 0.6 is 0 Å². The average Bonchev–Trinajstić information content (AvgIpc) is 3.39. The van der Waals surface area contributed by atoms with Gasteiger partial charge in [0.25, 0.3) is 0 Å². The minimum absolute atomic E-state index is 0.00285. The van der Waals surface area contributed by atoms with Crippen LogP contribution in [0.15, 0.2) is 36.5 Å². The van der Waals surface area contributed by atoms with Crippen molar-refractivity contribution in [3.05, 3.63) is 36.5 Å². The maximum Gasteiger partial charge on any atom is 0.305 e. The molecular weight excluding hydrogens is 899 g/mol. The number of esters is 1. The highest BCUT2D eigenvalue weighted by atomic mass is 16.5. The highest BCUT2D eigenvalue weighted by molar-refractivity contribution is 5.76. The number of hydrogen-bond donors (Lipinski definition) is 3. The van der Waals surface area contributed by atoms with Gasteiger partial charge in [0.05, 0.1) is 25.4 Å². The molecule has 0 aliphatic heterocycles. The molecule has 0 aliphatic rings. The topological polar surface area (TPSA) is 95.9 Å². The summed E-state index contributed by atoms with van der Waals surface area (Å²) in [5, 5.41) is 23.4. The number of hydrogen-bond acceptors (Lipinski definition) is 5. The summed E-state index contributed by atoms with van der Waals surface area (Å²) in [6.07, 6.45) is 78.8. The molecule has 430 valence electrons. The zero-order valence-electron chi connectivity index (χ0n) is 49.1. The first kappa shape index (κ1) is 71.1. The second-order valence-electron chi connectivity index (χ2n) is 22.4. The molecule has 0 aromatic rings. The lowest BCUT2D eigenvalue weighted by atomic mass is 10.0. The smallest absolute Gasteiger partial charge is 0.305 e. The number of aliphatic hydroxyl groups is 2. The van der Waals surface area contributed by atoms with E-state index in [0.717, 1.165) is 51.4 Å². The molecule has 1 amide bonds. The Morgan fingerprint density at radius 2 is 0.699 bits per heavy atom. The summed E-state index contributed by atoms with van der Waals surface area (Å²) in [6, 6.07) is -0.547. The van der Waals surface area contributed by atoms with Crippen molar-refractivity contribution in [3.63, 3.8) is 0 Å². The number of rotatable bonds is 61. The zero-order chi connectivity index (χ0) is 52.9. The van der Waals surface area contributed by atoms with E-state index in [-0.39, 0.29) is 18.5 Å². The average molecular weight is 1030 g/mol. The number of allylic oxidation sites excluding steroid dienone is 6. The zero-order valence-corrected chi connectivity index (χ0v) is 49.1. The molecule has 2 atom stereocenters. The Labute approximate surface area is 455 Å². The molecule has 3 N–H and O–H groups in total. The largest absolute Gasteiger partial charge is 0.466 e. The fourth-order valence-corrected chi connectivity index (χ4v) is 10.1. The van der Waals surface area contributed by atoms with Crippen LogP contribution in [0.5, 0.6) is 0 Å². The highest BCUT2D eigenvalue weighted by Crippen LogP contribution is 2.18. The first-order valence-electron chi connectivity index (χ1n) is 32.7. The van der Waals surface area contributed by atoms with Gasteiger partial charge in [0.1, 0.15) is 0 Å². The number of ether oxygens (including phenoxy) is 1. The number of carbonyl (C=O) groups excluding carboxylic acids is 2. The molecule has 6 nitrogen and oxygen atoms in total. The second kappa shape index (κ2) is 62.6. The summed E-state index contributed by atoms with van der Waals surface area (Å²) in [4.78, 5) is 24.6. The molecule has 73 heavy (non-hydrogen) atoms. The molecule has 2 unspecified atom stereocenters. The van der Waals surface area contributed by atoms with Crippen molar-refractivity contribution in [1.29, 1.82) is 0 Å². The minimum Gasteiger partial charge on any atom is -0.466 e. The van der Waals surface area contributed by atoms with E-state index in [9.17, 15) is 19.8 Å². The number of carbonyl (C=O) groups is 2. The van der Waals surface area contributed by atoms with Crippen LogP contribution in [0.4, 0.5) is 0 Å². The van der Waals surface area contributed by atoms with Crippen molar-refractivity contribution >= 4 is 11.9 Å². The molecule has 0 aromatic carbocycles. The SMILES string of the molecule is CCCC/C=C\C/C=C\CCCCCCCC(=O)OCCCCCCCCCCCCCC/C=C\CCCCCCCCCC(=O)NC(CO)C(O)CCCCCCCCCCCCCCCCCCCCC. The summed E-state index contributed by atoms with van der Waals surface area (Å²) >= 11 is 0. The van der Waals surface area contributed by atoms with Gasteiger partial charge in [-0.1, -0.05) is 301 Å². The Morgan fingerprint density at radius 3 is 1.10 bits per heavy atom. The van der Waals surface area contributed by atoms with Crippen molar-refractivity contribution in [2.45, 2.75) is 366 Å². The molecule has 0 bridgehead atoms. The summed E-state index contributed by atoms with van der Waals surface area (Å²) < 4.78 is 5.47. The Balaban J connectivity index is 3.42. The Hall–Kier alpha value is -1.92. The second-order valence-corrected chi connectivity index (χ2v) is 22.4.